The van der Waals surface area contributed by atoms with E-state index in [-0.39, 0.29) is 0 Å². The molecule has 2 heteroatoms. The molecule has 1 aromatic rings. The second-order valence-electron chi connectivity index (χ2n) is 3.45. The van der Waals surface area contributed by atoms with Gasteiger partial charge in [0, 0.05) is 4.88 Å². The number of rotatable bonds is 1. The average molecular weight is 209 g/mol. The zero-order valence-electron chi connectivity index (χ0n) is 9.05. The van der Waals surface area contributed by atoms with Gasteiger partial charge in [-0.15, -0.1) is 11.3 Å². The lowest BCUT2D eigenvalue weighted by atomic mass is 9.99. The van der Waals surface area contributed by atoms with E-state index in [1.165, 1.54) is 30.6 Å². The monoisotopic (exact) mass is 209 g/mol. The Labute approximate surface area is 90.9 Å². The van der Waals surface area contributed by atoms with Crippen molar-refractivity contribution in [2.75, 3.05) is 14.1 Å². The predicted molar refractivity (Wildman–Crippen MR) is 65.7 cm³/mol. The maximum atomic E-state index is 2.75. The van der Waals surface area contributed by atoms with E-state index in [1.54, 1.807) is 5.57 Å². The Bertz CT molecular complexity index is 262. The predicted octanol–water partition coefficient (Wildman–Crippen LogP) is 3.54. The van der Waals surface area contributed by atoms with Gasteiger partial charge in [0.1, 0.15) is 0 Å². The highest BCUT2D eigenvalue weighted by Gasteiger charge is 2.05. The molecule has 0 atom stereocenters. The standard InChI is InChI=1S/C10H12S.C2H7N/c1-2-5-9(6-3-1)10-7-4-8-11-10;1-3-2/h4-5,7-8H,1-3,6H2;3H,1-2H3. The summed E-state index contributed by atoms with van der Waals surface area (Å²) in [5, 5.41) is 4.91. The second kappa shape index (κ2) is 6.80. The fraction of sp³-hybridized carbons (Fsp3) is 0.500. The van der Waals surface area contributed by atoms with Crippen molar-refractivity contribution in [1.82, 2.24) is 5.32 Å². The van der Waals surface area contributed by atoms with Crippen LogP contribution in [0.5, 0.6) is 0 Å². The van der Waals surface area contributed by atoms with E-state index < -0.39 is 0 Å². The summed E-state index contributed by atoms with van der Waals surface area (Å²) >= 11 is 1.86. The second-order valence-corrected chi connectivity index (χ2v) is 4.40. The number of nitrogens with one attached hydrogen (secondary N) is 1. The highest BCUT2D eigenvalue weighted by atomic mass is 32.1. The lowest BCUT2D eigenvalue weighted by Crippen LogP contribution is -1.89. The first-order valence-electron chi connectivity index (χ1n) is 5.20. The molecule has 1 aromatic heterocycles. The summed E-state index contributed by atoms with van der Waals surface area (Å²) < 4.78 is 0. The van der Waals surface area contributed by atoms with Gasteiger partial charge >= 0.3 is 0 Å². The highest BCUT2D eigenvalue weighted by Crippen LogP contribution is 2.29. The van der Waals surface area contributed by atoms with E-state index in [2.05, 4.69) is 28.9 Å². The molecule has 0 amide bonds. The molecule has 0 bridgehead atoms. The van der Waals surface area contributed by atoms with Crippen molar-refractivity contribution in [3.8, 4) is 0 Å². The molecular formula is C12H19NS. The van der Waals surface area contributed by atoms with Gasteiger partial charge in [-0.3, -0.25) is 0 Å². The zero-order valence-corrected chi connectivity index (χ0v) is 9.86. The summed E-state index contributed by atoms with van der Waals surface area (Å²) in [4.78, 5) is 1.48. The minimum atomic E-state index is 1.28. The van der Waals surface area contributed by atoms with Gasteiger partial charge in [0.05, 0.1) is 0 Å². The summed E-state index contributed by atoms with van der Waals surface area (Å²) in [6.45, 7) is 0. The fourth-order valence-electron chi connectivity index (χ4n) is 1.52. The smallest absolute Gasteiger partial charge is 0.0299 e. The molecule has 1 heterocycles. The van der Waals surface area contributed by atoms with Gasteiger partial charge in [0.25, 0.3) is 0 Å². The van der Waals surface area contributed by atoms with Crippen LogP contribution in [0.25, 0.3) is 5.57 Å². The number of hydrogen-bond donors (Lipinski definition) is 1. The minimum Gasteiger partial charge on any atom is -0.323 e. The molecule has 0 saturated heterocycles. The first-order chi connectivity index (χ1) is 6.88. The van der Waals surface area contributed by atoms with Gasteiger partial charge in [-0.2, -0.15) is 0 Å². The topological polar surface area (TPSA) is 12.0 Å². The van der Waals surface area contributed by atoms with Crippen LogP contribution >= 0.6 is 11.3 Å². The molecule has 1 nitrogen and oxygen atoms in total. The molecule has 78 valence electrons. The SMILES string of the molecule is C1=C(c2cccs2)CCCC1.CNC. The van der Waals surface area contributed by atoms with Crippen LogP contribution in [0.3, 0.4) is 0 Å². The Hall–Kier alpha value is -0.600. The van der Waals surface area contributed by atoms with Crippen molar-refractivity contribution in [2.45, 2.75) is 25.7 Å². The molecule has 0 unspecified atom stereocenters. The van der Waals surface area contributed by atoms with E-state index in [4.69, 9.17) is 0 Å². The van der Waals surface area contributed by atoms with Crippen molar-refractivity contribution in [3.05, 3.63) is 28.5 Å². The minimum absolute atomic E-state index is 1.28. The van der Waals surface area contributed by atoms with Gasteiger partial charge in [-0.1, -0.05) is 12.1 Å². The molecule has 0 spiro atoms. The van der Waals surface area contributed by atoms with Crippen LogP contribution in [0.1, 0.15) is 30.6 Å². The third-order valence-electron chi connectivity index (χ3n) is 2.13. The Morgan fingerprint density at radius 1 is 1.29 bits per heavy atom. The Kier molecular flexibility index (Phi) is 5.57. The van der Waals surface area contributed by atoms with Gasteiger partial charge in [0.2, 0.25) is 0 Å². The maximum absolute atomic E-state index is 2.75. The number of allylic oxidation sites excluding steroid dienone is 2. The molecule has 0 saturated carbocycles. The van der Waals surface area contributed by atoms with E-state index in [1.807, 2.05) is 25.4 Å². The molecule has 1 aliphatic carbocycles. The number of hydrogen-bond acceptors (Lipinski definition) is 2. The number of thiophene rings is 1. The summed E-state index contributed by atoms with van der Waals surface area (Å²) in [5.41, 5.74) is 1.58. The molecule has 1 N–H and O–H groups in total. The summed E-state index contributed by atoms with van der Waals surface area (Å²) in [5.74, 6) is 0. The van der Waals surface area contributed by atoms with E-state index >= 15 is 0 Å². The van der Waals surface area contributed by atoms with Crippen LogP contribution in [-0.4, -0.2) is 14.1 Å². The Morgan fingerprint density at radius 3 is 2.57 bits per heavy atom. The third kappa shape index (κ3) is 3.64. The molecule has 2 rings (SSSR count). The van der Waals surface area contributed by atoms with Crippen LogP contribution in [0.15, 0.2) is 23.6 Å². The quantitative estimate of drug-likeness (QED) is 0.746. The van der Waals surface area contributed by atoms with Crippen LogP contribution in [0.2, 0.25) is 0 Å². The van der Waals surface area contributed by atoms with Gasteiger partial charge < -0.3 is 5.32 Å². The van der Waals surface area contributed by atoms with Crippen LogP contribution in [-0.2, 0) is 0 Å². The van der Waals surface area contributed by atoms with Crippen LogP contribution < -0.4 is 5.32 Å². The lowest BCUT2D eigenvalue weighted by Gasteiger charge is -2.09. The van der Waals surface area contributed by atoms with E-state index in [0.29, 0.717) is 0 Å². The summed E-state index contributed by atoms with van der Waals surface area (Å²) in [6.07, 6.45) is 7.74. The normalized spacial score (nSPS) is 15.4. The van der Waals surface area contributed by atoms with Crippen molar-refractivity contribution >= 4 is 16.9 Å². The lowest BCUT2D eigenvalue weighted by molar-refractivity contribution is 0.743. The molecule has 0 aliphatic heterocycles. The third-order valence-corrected chi connectivity index (χ3v) is 3.07. The van der Waals surface area contributed by atoms with E-state index in [9.17, 15) is 0 Å². The summed E-state index contributed by atoms with van der Waals surface area (Å²) in [6, 6.07) is 4.36. The molecule has 14 heavy (non-hydrogen) atoms. The molecular weight excluding hydrogens is 190 g/mol. The first-order valence-corrected chi connectivity index (χ1v) is 6.08. The average Bonchev–Trinajstić information content (AvgIpc) is 2.73. The van der Waals surface area contributed by atoms with Gasteiger partial charge in [-0.25, -0.2) is 0 Å². The Balaban J connectivity index is 0.000000293. The highest BCUT2D eigenvalue weighted by molar-refractivity contribution is 7.11. The van der Waals surface area contributed by atoms with Crippen molar-refractivity contribution in [2.24, 2.45) is 0 Å². The molecule has 0 aromatic carbocycles. The Morgan fingerprint density at radius 2 is 2.07 bits per heavy atom. The van der Waals surface area contributed by atoms with E-state index in [0.717, 1.165) is 0 Å². The maximum Gasteiger partial charge on any atom is 0.0299 e. The van der Waals surface area contributed by atoms with Gasteiger partial charge in [0.15, 0.2) is 0 Å². The molecule has 0 radical (unpaired) electrons. The van der Waals surface area contributed by atoms with Crippen molar-refractivity contribution in [3.63, 3.8) is 0 Å². The summed E-state index contributed by atoms with van der Waals surface area (Å²) in [7, 11) is 3.75. The van der Waals surface area contributed by atoms with Crippen molar-refractivity contribution in [1.29, 1.82) is 0 Å². The zero-order chi connectivity index (χ0) is 10.2. The van der Waals surface area contributed by atoms with Crippen LogP contribution in [0.4, 0.5) is 0 Å². The van der Waals surface area contributed by atoms with Crippen LogP contribution in [0, 0.1) is 0 Å². The molecule has 1 aliphatic rings. The largest absolute Gasteiger partial charge is 0.323 e. The molecule has 0 fully saturated rings. The van der Waals surface area contributed by atoms with Gasteiger partial charge in [-0.05, 0) is 56.8 Å². The fourth-order valence-corrected chi connectivity index (χ4v) is 2.32. The first kappa shape index (κ1) is 11.5. The van der Waals surface area contributed by atoms with Crippen molar-refractivity contribution < 1.29 is 0 Å².